The molecule has 0 amide bonds. The second-order valence-electron chi connectivity index (χ2n) is 7.74. The van der Waals surface area contributed by atoms with Gasteiger partial charge in [-0.05, 0) is 30.7 Å². The second-order valence-corrected chi connectivity index (χ2v) is 9.17. The zero-order valence-corrected chi connectivity index (χ0v) is 18.6. The van der Waals surface area contributed by atoms with Crippen LogP contribution in [0.4, 0.5) is 4.39 Å². The maximum absolute atomic E-state index is 14.1. The Morgan fingerprint density at radius 2 is 2.28 bits per heavy atom. The molecule has 1 atom stereocenters. The van der Waals surface area contributed by atoms with E-state index in [0.29, 0.717) is 27.8 Å². The molecular formula is C21H19ClFN5O3S. The lowest BCUT2D eigenvalue weighted by atomic mass is 10.1. The smallest absolute Gasteiger partial charge is 0.190 e. The number of rotatable bonds is 7. The third kappa shape index (κ3) is 3.69. The molecule has 1 unspecified atom stereocenters. The SMILES string of the molecule is C=C(C)c1sc2cncn2c1C(O)c1cn(-c2ccc(OCC3(F)COC3)c(Cl)c2)nn1. The Morgan fingerprint density at radius 1 is 1.47 bits per heavy atom. The van der Waals surface area contributed by atoms with Crippen molar-refractivity contribution in [2.45, 2.75) is 18.7 Å². The first-order valence-electron chi connectivity index (χ1n) is 9.75. The molecular weight excluding hydrogens is 457 g/mol. The summed E-state index contributed by atoms with van der Waals surface area (Å²) in [6.45, 7) is 5.82. The Kier molecular flexibility index (Phi) is 5.25. The zero-order chi connectivity index (χ0) is 22.5. The molecule has 8 nitrogen and oxygen atoms in total. The number of halogens is 2. The highest BCUT2D eigenvalue weighted by atomic mass is 35.5. The summed E-state index contributed by atoms with van der Waals surface area (Å²) in [6.07, 6.45) is 3.99. The molecule has 0 aliphatic carbocycles. The van der Waals surface area contributed by atoms with E-state index < -0.39 is 11.8 Å². The number of aliphatic hydroxyl groups excluding tert-OH is 1. The summed E-state index contributed by atoms with van der Waals surface area (Å²) in [5.41, 5.74) is 0.995. The van der Waals surface area contributed by atoms with Gasteiger partial charge in [0.05, 0.1) is 46.9 Å². The van der Waals surface area contributed by atoms with Gasteiger partial charge in [-0.15, -0.1) is 16.4 Å². The first-order chi connectivity index (χ1) is 15.3. The number of alkyl halides is 1. The Labute approximate surface area is 191 Å². The molecule has 1 aromatic carbocycles. The molecule has 4 heterocycles. The van der Waals surface area contributed by atoms with E-state index in [9.17, 15) is 9.50 Å². The zero-order valence-electron chi connectivity index (χ0n) is 17.0. The third-order valence-electron chi connectivity index (χ3n) is 5.13. The average molecular weight is 476 g/mol. The van der Waals surface area contributed by atoms with Crippen LogP contribution in [-0.4, -0.2) is 55.0 Å². The van der Waals surface area contributed by atoms with Crippen molar-refractivity contribution in [3.8, 4) is 11.4 Å². The number of fused-ring (bicyclic) bond motifs is 1. The van der Waals surface area contributed by atoms with Crippen molar-refractivity contribution in [1.29, 1.82) is 0 Å². The highest BCUT2D eigenvalue weighted by Crippen LogP contribution is 2.35. The topological polar surface area (TPSA) is 86.7 Å². The molecule has 0 bridgehead atoms. The molecule has 32 heavy (non-hydrogen) atoms. The average Bonchev–Trinajstić information content (AvgIpc) is 3.46. The van der Waals surface area contributed by atoms with Gasteiger partial charge in [0.25, 0.3) is 0 Å². The van der Waals surface area contributed by atoms with Crippen molar-refractivity contribution in [3.05, 3.63) is 64.8 Å². The lowest BCUT2D eigenvalue weighted by molar-refractivity contribution is -0.146. The Hall–Kier alpha value is -2.79. The first-order valence-corrected chi connectivity index (χ1v) is 10.9. The van der Waals surface area contributed by atoms with Crippen molar-refractivity contribution < 1.29 is 19.0 Å². The fourth-order valence-electron chi connectivity index (χ4n) is 3.40. The first kappa shape index (κ1) is 21.1. The summed E-state index contributed by atoms with van der Waals surface area (Å²) in [5.74, 6) is 0.367. The van der Waals surface area contributed by atoms with E-state index in [-0.39, 0.29) is 19.8 Å². The van der Waals surface area contributed by atoms with Crippen LogP contribution in [-0.2, 0) is 4.74 Å². The summed E-state index contributed by atoms with van der Waals surface area (Å²) >= 11 is 7.82. The number of aromatic nitrogens is 5. The van der Waals surface area contributed by atoms with Gasteiger partial charge >= 0.3 is 0 Å². The summed E-state index contributed by atoms with van der Waals surface area (Å²) in [5, 5.41) is 19.7. The number of thiazole rings is 1. The Balaban J connectivity index is 1.39. The highest BCUT2D eigenvalue weighted by Gasteiger charge is 2.40. The molecule has 1 aliphatic rings. The van der Waals surface area contributed by atoms with Gasteiger partial charge in [0.2, 0.25) is 0 Å². The van der Waals surface area contributed by atoms with E-state index in [1.807, 2.05) is 11.3 Å². The van der Waals surface area contributed by atoms with Crippen molar-refractivity contribution >= 4 is 33.3 Å². The van der Waals surface area contributed by atoms with Crippen molar-refractivity contribution in [1.82, 2.24) is 24.4 Å². The van der Waals surface area contributed by atoms with Crippen molar-refractivity contribution in [2.75, 3.05) is 19.8 Å². The summed E-state index contributed by atoms with van der Waals surface area (Å²) in [7, 11) is 0. The van der Waals surface area contributed by atoms with Gasteiger partial charge in [0, 0.05) is 0 Å². The number of hydrogen-bond acceptors (Lipinski definition) is 7. The standard InChI is InChI=1S/C21H19ClFN5O3S/c1-12(2)20-18(27-11-24-6-17(27)32-20)19(29)15-7-28(26-25-15)13-3-4-16(14(22)5-13)31-10-21(23)8-30-9-21/h3-7,11,19,29H,1,8-10H2,2H3. The number of benzene rings is 1. The predicted molar refractivity (Wildman–Crippen MR) is 118 cm³/mol. The van der Waals surface area contributed by atoms with Crippen LogP contribution in [0.3, 0.4) is 0 Å². The van der Waals surface area contributed by atoms with Gasteiger partial charge < -0.3 is 14.6 Å². The predicted octanol–water partition coefficient (Wildman–Crippen LogP) is 3.86. The van der Waals surface area contributed by atoms with Crippen molar-refractivity contribution in [2.24, 2.45) is 0 Å². The second kappa shape index (κ2) is 7.96. The summed E-state index contributed by atoms with van der Waals surface area (Å²) in [6, 6.07) is 5.01. The van der Waals surface area contributed by atoms with Crippen LogP contribution in [0, 0.1) is 0 Å². The van der Waals surface area contributed by atoms with E-state index in [2.05, 4.69) is 21.9 Å². The van der Waals surface area contributed by atoms with Gasteiger partial charge in [-0.2, -0.15) is 0 Å². The van der Waals surface area contributed by atoms with Gasteiger partial charge in [-0.3, -0.25) is 4.40 Å². The number of imidazole rings is 1. The van der Waals surface area contributed by atoms with E-state index in [4.69, 9.17) is 21.1 Å². The minimum atomic E-state index is -1.47. The van der Waals surface area contributed by atoms with Crippen LogP contribution >= 0.6 is 22.9 Å². The normalized spacial score (nSPS) is 16.1. The largest absolute Gasteiger partial charge is 0.488 e. The molecule has 1 aliphatic heterocycles. The van der Waals surface area contributed by atoms with E-state index in [1.54, 1.807) is 36.9 Å². The highest BCUT2D eigenvalue weighted by molar-refractivity contribution is 7.18. The molecule has 0 radical (unpaired) electrons. The number of aliphatic hydroxyl groups is 1. The molecule has 1 saturated heterocycles. The monoisotopic (exact) mass is 475 g/mol. The third-order valence-corrected chi connectivity index (χ3v) is 6.70. The van der Waals surface area contributed by atoms with Crippen LogP contribution in [0.1, 0.15) is 29.3 Å². The molecule has 1 fully saturated rings. The van der Waals surface area contributed by atoms with Crippen LogP contribution in [0.2, 0.25) is 5.02 Å². The quantitative estimate of drug-likeness (QED) is 0.437. The molecule has 166 valence electrons. The Bertz CT molecular complexity index is 1310. The molecule has 3 aromatic heterocycles. The van der Waals surface area contributed by atoms with Gasteiger partial charge in [0.15, 0.2) is 5.67 Å². The fourth-order valence-corrected chi connectivity index (χ4v) is 4.68. The maximum atomic E-state index is 14.1. The molecule has 0 spiro atoms. The Morgan fingerprint density at radius 3 is 2.97 bits per heavy atom. The number of nitrogens with zero attached hydrogens (tertiary/aromatic N) is 5. The minimum absolute atomic E-state index is 0.0232. The fraction of sp³-hybridized carbons (Fsp3) is 0.286. The van der Waals surface area contributed by atoms with E-state index in [1.165, 1.54) is 16.0 Å². The molecule has 1 N–H and O–H groups in total. The summed E-state index contributed by atoms with van der Waals surface area (Å²) in [4.78, 5) is 5.91. The lowest BCUT2D eigenvalue weighted by Gasteiger charge is -2.33. The van der Waals surface area contributed by atoms with E-state index >= 15 is 0 Å². The molecule has 11 heteroatoms. The van der Waals surface area contributed by atoms with Gasteiger partial charge in [-0.1, -0.05) is 23.4 Å². The van der Waals surface area contributed by atoms with Gasteiger partial charge in [-0.25, -0.2) is 14.1 Å². The van der Waals surface area contributed by atoms with E-state index in [0.717, 1.165) is 15.3 Å². The number of ether oxygens (including phenoxy) is 2. The van der Waals surface area contributed by atoms with Crippen LogP contribution in [0.15, 0.2) is 43.5 Å². The maximum Gasteiger partial charge on any atom is 0.190 e. The number of hydrogen-bond donors (Lipinski definition) is 1. The summed E-state index contributed by atoms with van der Waals surface area (Å²) < 4.78 is 27.8. The minimum Gasteiger partial charge on any atom is -0.488 e. The van der Waals surface area contributed by atoms with Gasteiger partial charge in [0.1, 0.15) is 35.3 Å². The lowest BCUT2D eigenvalue weighted by Crippen LogP contribution is -2.50. The molecule has 5 rings (SSSR count). The molecule has 4 aromatic rings. The van der Waals surface area contributed by atoms with Crippen molar-refractivity contribution in [3.63, 3.8) is 0 Å². The van der Waals surface area contributed by atoms with Crippen LogP contribution < -0.4 is 4.74 Å². The van der Waals surface area contributed by atoms with Crippen LogP contribution in [0.5, 0.6) is 5.75 Å². The number of allylic oxidation sites excluding steroid dienone is 1. The van der Waals surface area contributed by atoms with Crippen LogP contribution in [0.25, 0.3) is 16.1 Å². The molecule has 0 saturated carbocycles.